The van der Waals surface area contributed by atoms with Crippen molar-refractivity contribution in [2.45, 2.75) is 6.54 Å². The fraction of sp³-hybridized carbons (Fsp3) is 0.0800. The lowest BCUT2D eigenvalue weighted by Crippen LogP contribution is -2.31. The van der Waals surface area contributed by atoms with E-state index in [-0.39, 0.29) is 24.6 Å². The van der Waals surface area contributed by atoms with E-state index in [4.69, 9.17) is 11.6 Å². The maximum Gasteiger partial charge on any atom is 0.266 e. The third-order valence-electron chi connectivity index (χ3n) is 4.87. The first-order valence-corrected chi connectivity index (χ1v) is 10.3. The SMILES string of the molecule is O=C(NCCn1nc(-c2ccc(Cl)cc2)ccc1=O)c1ccc(-c2ccccc2)cc1. The summed E-state index contributed by atoms with van der Waals surface area (Å²) in [5, 5.41) is 7.88. The Hall–Kier alpha value is -3.70. The molecule has 5 nitrogen and oxygen atoms in total. The maximum atomic E-state index is 12.5. The lowest BCUT2D eigenvalue weighted by molar-refractivity contribution is 0.0952. The van der Waals surface area contributed by atoms with Gasteiger partial charge in [-0.15, -0.1) is 0 Å². The average Bonchev–Trinajstić information content (AvgIpc) is 2.81. The predicted octanol–water partition coefficient (Wildman–Crippen LogP) is 4.66. The molecule has 3 aromatic carbocycles. The highest BCUT2D eigenvalue weighted by atomic mass is 35.5. The van der Waals surface area contributed by atoms with Gasteiger partial charge in [0.15, 0.2) is 0 Å². The summed E-state index contributed by atoms with van der Waals surface area (Å²) in [7, 11) is 0. The number of aromatic nitrogens is 2. The number of carbonyl (C=O) groups is 1. The van der Waals surface area contributed by atoms with Crippen LogP contribution in [-0.2, 0) is 6.54 Å². The molecular formula is C25H20ClN3O2. The molecule has 0 radical (unpaired) electrons. The van der Waals surface area contributed by atoms with Gasteiger partial charge in [-0.2, -0.15) is 5.10 Å². The van der Waals surface area contributed by atoms with Gasteiger partial charge in [0.1, 0.15) is 0 Å². The zero-order valence-corrected chi connectivity index (χ0v) is 17.4. The molecule has 1 heterocycles. The molecule has 1 aromatic heterocycles. The van der Waals surface area contributed by atoms with Crippen LogP contribution < -0.4 is 10.9 Å². The normalized spacial score (nSPS) is 10.6. The number of hydrogen-bond donors (Lipinski definition) is 1. The molecule has 0 saturated heterocycles. The monoisotopic (exact) mass is 429 g/mol. The van der Waals surface area contributed by atoms with Crippen molar-refractivity contribution in [1.82, 2.24) is 15.1 Å². The van der Waals surface area contributed by atoms with Crippen LogP contribution in [0.3, 0.4) is 0 Å². The molecule has 4 aromatic rings. The molecule has 0 atom stereocenters. The number of amides is 1. The second kappa shape index (κ2) is 9.41. The van der Waals surface area contributed by atoms with E-state index in [1.54, 1.807) is 30.3 Å². The molecule has 0 spiro atoms. The van der Waals surface area contributed by atoms with Gasteiger partial charge in [0, 0.05) is 28.8 Å². The molecule has 31 heavy (non-hydrogen) atoms. The van der Waals surface area contributed by atoms with Crippen molar-refractivity contribution in [2.24, 2.45) is 0 Å². The molecule has 0 unspecified atom stereocenters. The molecule has 4 rings (SSSR count). The second-order valence-corrected chi connectivity index (χ2v) is 7.42. The van der Waals surface area contributed by atoms with E-state index < -0.39 is 0 Å². The van der Waals surface area contributed by atoms with Crippen molar-refractivity contribution in [3.05, 3.63) is 112 Å². The van der Waals surface area contributed by atoms with Crippen LogP contribution in [0.2, 0.25) is 5.02 Å². The van der Waals surface area contributed by atoms with Crippen molar-refractivity contribution in [2.75, 3.05) is 6.54 Å². The third-order valence-corrected chi connectivity index (χ3v) is 5.12. The number of benzene rings is 3. The summed E-state index contributed by atoms with van der Waals surface area (Å²) >= 11 is 5.93. The van der Waals surface area contributed by atoms with Crippen LogP contribution in [0, 0.1) is 0 Å². The topological polar surface area (TPSA) is 64.0 Å². The highest BCUT2D eigenvalue weighted by Gasteiger charge is 2.07. The molecule has 0 fully saturated rings. The zero-order chi connectivity index (χ0) is 21.6. The number of nitrogens with one attached hydrogen (secondary N) is 1. The Morgan fingerprint density at radius 2 is 1.45 bits per heavy atom. The van der Waals surface area contributed by atoms with Crippen LogP contribution in [0.5, 0.6) is 0 Å². The van der Waals surface area contributed by atoms with Gasteiger partial charge in [0.05, 0.1) is 12.2 Å². The minimum atomic E-state index is -0.223. The fourth-order valence-electron chi connectivity index (χ4n) is 3.21. The van der Waals surface area contributed by atoms with Gasteiger partial charge in [-0.1, -0.05) is 66.2 Å². The molecule has 0 aliphatic rings. The molecule has 0 aliphatic heterocycles. The maximum absolute atomic E-state index is 12.5. The van der Waals surface area contributed by atoms with Crippen LogP contribution in [0.15, 0.2) is 95.8 Å². The Labute approximate surface area is 184 Å². The van der Waals surface area contributed by atoms with E-state index in [0.29, 0.717) is 16.3 Å². The first kappa shape index (κ1) is 20.6. The summed E-state index contributed by atoms with van der Waals surface area (Å²) in [6.45, 7) is 0.560. The number of hydrogen-bond acceptors (Lipinski definition) is 3. The van der Waals surface area contributed by atoms with Crippen molar-refractivity contribution in [3.8, 4) is 22.4 Å². The van der Waals surface area contributed by atoms with E-state index in [2.05, 4.69) is 10.4 Å². The van der Waals surface area contributed by atoms with Gasteiger partial charge >= 0.3 is 0 Å². The van der Waals surface area contributed by atoms with Gasteiger partial charge in [-0.25, -0.2) is 4.68 Å². The minimum Gasteiger partial charge on any atom is -0.350 e. The van der Waals surface area contributed by atoms with Crippen molar-refractivity contribution < 1.29 is 4.79 Å². The van der Waals surface area contributed by atoms with Crippen LogP contribution in [-0.4, -0.2) is 22.2 Å². The molecular weight excluding hydrogens is 410 g/mol. The molecule has 1 amide bonds. The molecule has 0 saturated carbocycles. The first-order chi connectivity index (χ1) is 15.1. The summed E-state index contributed by atoms with van der Waals surface area (Å²) < 4.78 is 1.35. The van der Waals surface area contributed by atoms with Crippen LogP contribution in [0.4, 0.5) is 0 Å². The largest absolute Gasteiger partial charge is 0.350 e. The molecule has 6 heteroatoms. The standard InChI is InChI=1S/C25H20ClN3O2/c26-22-12-10-20(11-13-22)23-14-15-24(30)29(28-23)17-16-27-25(31)21-8-6-19(7-9-21)18-4-2-1-3-5-18/h1-15H,16-17H2,(H,27,31). The van der Waals surface area contributed by atoms with Crippen molar-refractivity contribution in [3.63, 3.8) is 0 Å². The summed E-state index contributed by atoms with van der Waals surface area (Å²) in [6.07, 6.45) is 0. The number of halogens is 1. The molecule has 0 bridgehead atoms. The van der Waals surface area contributed by atoms with Gasteiger partial charge < -0.3 is 5.32 Å². The summed E-state index contributed by atoms with van der Waals surface area (Å²) in [5.74, 6) is -0.193. The van der Waals surface area contributed by atoms with E-state index in [9.17, 15) is 9.59 Å². The van der Waals surface area contributed by atoms with Crippen LogP contribution in [0.1, 0.15) is 10.4 Å². The first-order valence-electron chi connectivity index (χ1n) is 9.88. The predicted molar refractivity (Wildman–Crippen MR) is 123 cm³/mol. The Morgan fingerprint density at radius 3 is 2.16 bits per heavy atom. The lowest BCUT2D eigenvalue weighted by atomic mass is 10.0. The number of carbonyl (C=O) groups excluding carboxylic acids is 1. The highest BCUT2D eigenvalue weighted by Crippen LogP contribution is 2.19. The Morgan fingerprint density at radius 1 is 0.806 bits per heavy atom. The minimum absolute atomic E-state index is 0.193. The summed E-state index contributed by atoms with van der Waals surface area (Å²) in [4.78, 5) is 24.6. The van der Waals surface area contributed by atoms with E-state index in [1.807, 2.05) is 54.6 Å². The van der Waals surface area contributed by atoms with E-state index >= 15 is 0 Å². The van der Waals surface area contributed by atoms with Gasteiger partial charge in [-0.3, -0.25) is 9.59 Å². The average molecular weight is 430 g/mol. The van der Waals surface area contributed by atoms with Crippen molar-refractivity contribution >= 4 is 17.5 Å². The van der Waals surface area contributed by atoms with Crippen LogP contribution in [0.25, 0.3) is 22.4 Å². The Kier molecular flexibility index (Phi) is 6.24. The smallest absolute Gasteiger partial charge is 0.266 e. The van der Waals surface area contributed by atoms with E-state index in [0.717, 1.165) is 16.7 Å². The molecule has 0 aliphatic carbocycles. The highest BCUT2D eigenvalue weighted by molar-refractivity contribution is 6.30. The molecule has 1 N–H and O–H groups in total. The lowest BCUT2D eigenvalue weighted by Gasteiger charge is -2.09. The van der Waals surface area contributed by atoms with Gasteiger partial charge in [0.2, 0.25) is 0 Å². The van der Waals surface area contributed by atoms with Gasteiger partial charge in [-0.05, 0) is 41.5 Å². The summed E-state index contributed by atoms with van der Waals surface area (Å²) in [5.41, 5.74) is 4.02. The second-order valence-electron chi connectivity index (χ2n) is 6.99. The number of nitrogens with zero attached hydrogens (tertiary/aromatic N) is 2. The Bertz CT molecular complexity index is 1230. The Balaban J connectivity index is 1.39. The number of rotatable bonds is 6. The van der Waals surface area contributed by atoms with Crippen molar-refractivity contribution in [1.29, 1.82) is 0 Å². The third kappa shape index (κ3) is 5.08. The quantitative estimate of drug-likeness (QED) is 0.484. The van der Waals surface area contributed by atoms with Gasteiger partial charge in [0.25, 0.3) is 11.5 Å². The van der Waals surface area contributed by atoms with E-state index in [1.165, 1.54) is 10.7 Å². The molecule has 154 valence electrons. The van der Waals surface area contributed by atoms with Crippen LogP contribution >= 0.6 is 11.6 Å². The zero-order valence-electron chi connectivity index (χ0n) is 16.7. The summed E-state index contributed by atoms with van der Waals surface area (Å²) in [6, 6.07) is 27.8. The fourth-order valence-corrected chi connectivity index (χ4v) is 3.33.